The van der Waals surface area contributed by atoms with Gasteiger partial charge in [-0.15, -0.1) is 0 Å². The summed E-state index contributed by atoms with van der Waals surface area (Å²) in [4.78, 5) is 10.4. The molecule has 0 saturated heterocycles. The van der Waals surface area contributed by atoms with Gasteiger partial charge in [0.15, 0.2) is 0 Å². The Labute approximate surface area is 109 Å². The van der Waals surface area contributed by atoms with Crippen LogP contribution in [0.5, 0.6) is 0 Å². The Balaban J connectivity index is 2.54. The molecule has 0 amide bonds. The molecular weight excluding hydrogens is 224 g/mol. The van der Waals surface area contributed by atoms with Gasteiger partial charge in [0.05, 0.1) is 0 Å². The molecule has 18 heavy (non-hydrogen) atoms. The van der Waals surface area contributed by atoms with E-state index in [2.05, 4.69) is 30.4 Å². The number of carboxylic acids is 1. The highest BCUT2D eigenvalue weighted by Gasteiger charge is 1.96. The quantitative estimate of drug-likeness (QED) is 0.580. The zero-order chi connectivity index (χ0) is 13.2. The molecule has 1 aromatic rings. The number of rotatable bonds is 7. The van der Waals surface area contributed by atoms with Gasteiger partial charge in [-0.1, -0.05) is 48.6 Å². The van der Waals surface area contributed by atoms with Crippen LogP contribution in [0.25, 0.3) is 6.08 Å². The van der Waals surface area contributed by atoms with Crippen molar-refractivity contribution < 1.29 is 9.90 Å². The van der Waals surface area contributed by atoms with E-state index in [9.17, 15) is 4.79 Å². The SMILES string of the molecule is CC=CCc1ccccc1C=CCCCC(=O)O. The van der Waals surface area contributed by atoms with Gasteiger partial charge in [0, 0.05) is 6.42 Å². The molecule has 0 fully saturated rings. The molecule has 96 valence electrons. The fourth-order valence-corrected chi connectivity index (χ4v) is 1.71. The molecular formula is C16H20O2. The Hall–Kier alpha value is -1.83. The zero-order valence-corrected chi connectivity index (χ0v) is 10.8. The van der Waals surface area contributed by atoms with Crippen molar-refractivity contribution >= 4 is 12.0 Å². The van der Waals surface area contributed by atoms with Gasteiger partial charge in [0.1, 0.15) is 0 Å². The molecule has 0 aliphatic rings. The highest BCUT2D eigenvalue weighted by atomic mass is 16.4. The summed E-state index contributed by atoms with van der Waals surface area (Å²) in [5.74, 6) is -0.725. The summed E-state index contributed by atoms with van der Waals surface area (Å²) in [5, 5.41) is 8.54. The predicted molar refractivity (Wildman–Crippen MR) is 75.5 cm³/mol. The number of unbranched alkanes of at least 4 members (excludes halogenated alkanes) is 1. The molecule has 0 aromatic heterocycles. The first-order valence-electron chi connectivity index (χ1n) is 6.31. The van der Waals surface area contributed by atoms with E-state index < -0.39 is 5.97 Å². The lowest BCUT2D eigenvalue weighted by atomic mass is 10.0. The normalized spacial score (nSPS) is 11.4. The molecule has 0 heterocycles. The lowest BCUT2D eigenvalue weighted by Crippen LogP contribution is -1.92. The fourth-order valence-electron chi connectivity index (χ4n) is 1.71. The minimum atomic E-state index is -0.725. The van der Waals surface area contributed by atoms with Crippen LogP contribution in [0.15, 0.2) is 42.5 Å². The molecule has 1 N–H and O–H groups in total. The molecule has 2 nitrogen and oxygen atoms in total. The van der Waals surface area contributed by atoms with Crippen LogP contribution >= 0.6 is 0 Å². The maximum Gasteiger partial charge on any atom is 0.303 e. The Morgan fingerprint density at radius 2 is 2.06 bits per heavy atom. The summed E-state index contributed by atoms with van der Waals surface area (Å²) >= 11 is 0. The van der Waals surface area contributed by atoms with Crippen LogP contribution in [0.2, 0.25) is 0 Å². The van der Waals surface area contributed by atoms with Gasteiger partial charge in [0.2, 0.25) is 0 Å². The third-order valence-electron chi connectivity index (χ3n) is 2.69. The van der Waals surface area contributed by atoms with Crippen LogP contribution < -0.4 is 0 Å². The number of carbonyl (C=O) groups is 1. The van der Waals surface area contributed by atoms with Crippen molar-refractivity contribution in [2.24, 2.45) is 0 Å². The van der Waals surface area contributed by atoms with Gasteiger partial charge >= 0.3 is 5.97 Å². The van der Waals surface area contributed by atoms with E-state index in [1.165, 1.54) is 11.1 Å². The van der Waals surface area contributed by atoms with Crippen LogP contribution in [0.3, 0.4) is 0 Å². The van der Waals surface area contributed by atoms with Crippen molar-refractivity contribution in [1.29, 1.82) is 0 Å². The van der Waals surface area contributed by atoms with Gasteiger partial charge in [-0.2, -0.15) is 0 Å². The Bertz CT molecular complexity index is 430. The first kappa shape index (κ1) is 14.2. The lowest BCUT2D eigenvalue weighted by molar-refractivity contribution is -0.137. The third kappa shape index (κ3) is 5.48. The highest BCUT2D eigenvalue weighted by molar-refractivity contribution is 5.66. The molecule has 0 aliphatic carbocycles. The zero-order valence-electron chi connectivity index (χ0n) is 10.8. The minimum absolute atomic E-state index is 0.241. The number of benzene rings is 1. The van der Waals surface area contributed by atoms with Crippen molar-refractivity contribution in [2.75, 3.05) is 0 Å². The van der Waals surface area contributed by atoms with Crippen molar-refractivity contribution in [1.82, 2.24) is 0 Å². The monoisotopic (exact) mass is 244 g/mol. The van der Waals surface area contributed by atoms with E-state index in [-0.39, 0.29) is 6.42 Å². The van der Waals surface area contributed by atoms with Gasteiger partial charge < -0.3 is 5.11 Å². The second-order valence-corrected chi connectivity index (χ2v) is 4.16. The first-order valence-corrected chi connectivity index (χ1v) is 6.31. The molecule has 0 saturated carbocycles. The first-order chi connectivity index (χ1) is 8.74. The lowest BCUT2D eigenvalue weighted by Gasteiger charge is -2.02. The molecule has 0 radical (unpaired) electrons. The molecule has 0 aliphatic heterocycles. The molecule has 2 heteroatoms. The maximum absolute atomic E-state index is 10.4. The average molecular weight is 244 g/mol. The summed E-state index contributed by atoms with van der Waals surface area (Å²) in [7, 11) is 0. The van der Waals surface area contributed by atoms with Crippen LogP contribution in [0, 0.1) is 0 Å². The summed E-state index contributed by atoms with van der Waals surface area (Å²) in [6.07, 6.45) is 11.0. The van der Waals surface area contributed by atoms with E-state index in [1.807, 2.05) is 25.1 Å². The molecule has 0 unspecified atom stereocenters. The number of hydrogen-bond acceptors (Lipinski definition) is 1. The topological polar surface area (TPSA) is 37.3 Å². The molecule has 0 bridgehead atoms. The maximum atomic E-state index is 10.4. The second-order valence-electron chi connectivity index (χ2n) is 4.16. The Morgan fingerprint density at radius 1 is 1.28 bits per heavy atom. The van der Waals surface area contributed by atoms with Crippen molar-refractivity contribution in [3.05, 3.63) is 53.6 Å². The van der Waals surface area contributed by atoms with Crippen molar-refractivity contribution in [3.63, 3.8) is 0 Å². The number of carboxylic acid groups (broad SMARTS) is 1. The van der Waals surface area contributed by atoms with Gasteiger partial charge in [-0.25, -0.2) is 0 Å². The van der Waals surface area contributed by atoms with E-state index in [4.69, 9.17) is 5.11 Å². The number of hydrogen-bond donors (Lipinski definition) is 1. The molecule has 0 atom stereocenters. The number of allylic oxidation sites excluding steroid dienone is 3. The second kappa shape index (κ2) is 8.29. The molecule has 1 rings (SSSR count). The largest absolute Gasteiger partial charge is 0.481 e. The van der Waals surface area contributed by atoms with Gasteiger partial charge in [-0.05, 0) is 37.3 Å². The predicted octanol–water partition coefficient (Wildman–Crippen LogP) is 4.07. The van der Waals surface area contributed by atoms with E-state index in [0.717, 1.165) is 12.8 Å². The van der Waals surface area contributed by atoms with Crippen molar-refractivity contribution in [3.8, 4) is 0 Å². The van der Waals surface area contributed by atoms with Gasteiger partial charge in [0.25, 0.3) is 0 Å². The number of aliphatic carboxylic acids is 1. The van der Waals surface area contributed by atoms with Crippen LogP contribution in [0.1, 0.15) is 37.3 Å². The summed E-state index contributed by atoms with van der Waals surface area (Å²) in [6, 6.07) is 8.28. The van der Waals surface area contributed by atoms with Crippen LogP contribution in [0.4, 0.5) is 0 Å². The molecule has 1 aromatic carbocycles. The van der Waals surface area contributed by atoms with Crippen LogP contribution in [-0.2, 0) is 11.2 Å². The van der Waals surface area contributed by atoms with Crippen molar-refractivity contribution in [2.45, 2.75) is 32.6 Å². The third-order valence-corrected chi connectivity index (χ3v) is 2.69. The van der Waals surface area contributed by atoms with Crippen LogP contribution in [-0.4, -0.2) is 11.1 Å². The standard InChI is InChI=1S/C16H20O2/c1-2-3-9-14-11-7-8-12-15(14)10-5-4-6-13-16(17)18/h2-3,5,7-8,10-12H,4,6,9,13H2,1H3,(H,17,18). The van der Waals surface area contributed by atoms with E-state index in [1.54, 1.807) is 0 Å². The average Bonchev–Trinajstić information content (AvgIpc) is 2.36. The summed E-state index contributed by atoms with van der Waals surface area (Å²) < 4.78 is 0. The van der Waals surface area contributed by atoms with E-state index >= 15 is 0 Å². The summed E-state index contributed by atoms with van der Waals surface area (Å²) in [5.41, 5.74) is 2.51. The Kier molecular flexibility index (Phi) is 6.55. The smallest absolute Gasteiger partial charge is 0.303 e. The minimum Gasteiger partial charge on any atom is -0.481 e. The summed E-state index contributed by atoms with van der Waals surface area (Å²) in [6.45, 7) is 2.02. The fraction of sp³-hybridized carbons (Fsp3) is 0.312. The Morgan fingerprint density at radius 3 is 2.78 bits per heavy atom. The molecule has 0 spiro atoms. The highest BCUT2D eigenvalue weighted by Crippen LogP contribution is 2.13. The van der Waals surface area contributed by atoms with Gasteiger partial charge in [-0.3, -0.25) is 4.79 Å². The van der Waals surface area contributed by atoms with E-state index in [0.29, 0.717) is 6.42 Å².